The fourth-order valence-electron chi connectivity index (χ4n) is 3.13. The Balaban J connectivity index is 1.78. The number of para-hydroxylation sites is 1. The molecule has 0 amide bonds. The van der Waals surface area contributed by atoms with Gasteiger partial charge in [-0.3, -0.25) is 0 Å². The first-order chi connectivity index (χ1) is 12.2. The summed E-state index contributed by atoms with van der Waals surface area (Å²) in [6.45, 7) is 4.05. The monoisotopic (exact) mass is 328 g/mol. The molecule has 4 nitrogen and oxygen atoms in total. The van der Waals surface area contributed by atoms with Gasteiger partial charge in [-0.05, 0) is 37.1 Å². The Hall–Kier alpha value is -3.14. The number of benzene rings is 2. The lowest BCUT2D eigenvalue weighted by Crippen LogP contribution is -1.98. The molecule has 2 heterocycles. The van der Waals surface area contributed by atoms with E-state index in [1.54, 1.807) is 0 Å². The summed E-state index contributed by atoms with van der Waals surface area (Å²) in [6, 6.07) is 20.6. The zero-order chi connectivity index (χ0) is 17.2. The molecule has 0 aliphatic heterocycles. The van der Waals surface area contributed by atoms with Crippen molar-refractivity contribution in [2.45, 2.75) is 20.3 Å². The van der Waals surface area contributed by atoms with Gasteiger partial charge in [0, 0.05) is 17.8 Å². The number of rotatable bonds is 4. The Bertz CT molecular complexity index is 1000. The molecule has 0 saturated carbocycles. The van der Waals surface area contributed by atoms with Crippen LogP contribution in [0.1, 0.15) is 22.6 Å². The molecule has 0 aliphatic carbocycles. The van der Waals surface area contributed by atoms with E-state index >= 15 is 0 Å². The summed E-state index contributed by atoms with van der Waals surface area (Å²) in [5.74, 6) is 1.60. The van der Waals surface area contributed by atoms with Gasteiger partial charge in [0.25, 0.3) is 0 Å². The van der Waals surface area contributed by atoms with Gasteiger partial charge in [0.05, 0.1) is 5.39 Å². The zero-order valence-electron chi connectivity index (χ0n) is 14.4. The minimum atomic E-state index is 0.749. The fraction of sp³-hybridized carbons (Fsp3) is 0.143. The summed E-state index contributed by atoms with van der Waals surface area (Å²) in [6.07, 6.45) is 0.854. The molecule has 0 fully saturated rings. The molecule has 0 atom stereocenters. The van der Waals surface area contributed by atoms with Crippen molar-refractivity contribution in [1.29, 1.82) is 0 Å². The number of hydrogen-bond acceptors (Lipinski definition) is 3. The van der Waals surface area contributed by atoms with Crippen LogP contribution in [0.15, 0.2) is 60.7 Å². The van der Waals surface area contributed by atoms with Gasteiger partial charge >= 0.3 is 0 Å². The SMILES string of the molecule is Cc1nc(Nc2ccccc2)c2c(C)c(Cc3ccccc3)[nH]c2n1. The van der Waals surface area contributed by atoms with Crippen molar-refractivity contribution in [3.63, 3.8) is 0 Å². The van der Waals surface area contributed by atoms with Crippen LogP contribution in [0.25, 0.3) is 11.0 Å². The van der Waals surface area contributed by atoms with E-state index < -0.39 is 0 Å². The van der Waals surface area contributed by atoms with Crippen molar-refractivity contribution < 1.29 is 0 Å². The third-order valence-electron chi connectivity index (χ3n) is 4.38. The van der Waals surface area contributed by atoms with E-state index in [0.717, 1.165) is 34.8 Å². The zero-order valence-corrected chi connectivity index (χ0v) is 14.4. The van der Waals surface area contributed by atoms with Crippen molar-refractivity contribution in [1.82, 2.24) is 15.0 Å². The molecule has 4 heteroatoms. The quantitative estimate of drug-likeness (QED) is 0.560. The summed E-state index contributed by atoms with van der Waals surface area (Å²) in [7, 11) is 0. The lowest BCUT2D eigenvalue weighted by molar-refractivity contribution is 1.06. The summed E-state index contributed by atoms with van der Waals surface area (Å²) < 4.78 is 0. The van der Waals surface area contributed by atoms with E-state index in [1.807, 2.05) is 43.3 Å². The first-order valence-electron chi connectivity index (χ1n) is 8.42. The Morgan fingerprint density at radius 2 is 1.56 bits per heavy atom. The number of H-pyrrole nitrogens is 1. The highest BCUT2D eigenvalue weighted by Gasteiger charge is 2.15. The number of aromatic amines is 1. The molecule has 0 unspecified atom stereocenters. The molecule has 4 aromatic rings. The number of nitrogens with zero attached hydrogens (tertiary/aromatic N) is 2. The van der Waals surface area contributed by atoms with Crippen LogP contribution in [-0.2, 0) is 6.42 Å². The van der Waals surface area contributed by atoms with Crippen LogP contribution in [0.2, 0.25) is 0 Å². The highest BCUT2D eigenvalue weighted by molar-refractivity contribution is 5.93. The second kappa shape index (κ2) is 6.40. The minimum absolute atomic E-state index is 0.749. The van der Waals surface area contributed by atoms with E-state index in [4.69, 9.17) is 0 Å². The average molecular weight is 328 g/mol. The van der Waals surface area contributed by atoms with Gasteiger partial charge < -0.3 is 10.3 Å². The fourth-order valence-corrected chi connectivity index (χ4v) is 3.13. The van der Waals surface area contributed by atoms with E-state index in [1.165, 1.54) is 16.8 Å². The maximum atomic E-state index is 4.64. The van der Waals surface area contributed by atoms with Gasteiger partial charge in [0.1, 0.15) is 17.3 Å². The molecule has 0 radical (unpaired) electrons. The maximum absolute atomic E-state index is 4.64. The lowest BCUT2D eigenvalue weighted by Gasteiger charge is -2.08. The molecule has 124 valence electrons. The molecule has 0 spiro atoms. The van der Waals surface area contributed by atoms with Crippen molar-refractivity contribution in [3.8, 4) is 0 Å². The van der Waals surface area contributed by atoms with E-state index in [-0.39, 0.29) is 0 Å². The number of nitrogens with one attached hydrogen (secondary N) is 2. The predicted octanol–water partition coefficient (Wildman–Crippen LogP) is 4.91. The number of anilines is 2. The Morgan fingerprint density at radius 3 is 2.28 bits per heavy atom. The van der Waals surface area contributed by atoms with Crippen molar-refractivity contribution in [3.05, 3.63) is 83.3 Å². The van der Waals surface area contributed by atoms with Crippen LogP contribution in [0.4, 0.5) is 11.5 Å². The Kier molecular flexibility index (Phi) is 3.94. The highest BCUT2D eigenvalue weighted by atomic mass is 15.1. The minimum Gasteiger partial charge on any atom is -0.343 e. The van der Waals surface area contributed by atoms with Crippen molar-refractivity contribution in [2.75, 3.05) is 5.32 Å². The third-order valence-corrected chi connectivity index (χ3v) is 4.38. The van der Waals surface area contributed by atoms with Crippen LogP contribution < -0.4 is 5.32 Å². The number of fused-ring (bicyclic) bond motifs is 1. The Morgan fingerprint density at radius 1 is 0.880 bits per heavy atom. The van der Waals surface area contributed by atoms with E-state index in [9.17, 15) is 0 Å². The molecule has 4 rings (SSSR count). The van der Waals surface area contributed by atoms with Crippen LogP contribution in [-0.4, -0.2) is 15.0 Å². The van der Waals surface area contributed by atoms with Crippen LogP contribution in [0, 0.1) is 13.8 Å². The van der Waals surface area contributed by atoms with Gasteiger partial charge in [0.2, 0.25) is 0 Å². The maximum Gasteiger partial charge on any atom is 0.143 e. The lowest BCUT2D eigenvalue weighted by atomic mass is 10.1. The number of aromatic nitrogens is 3. The van der Waals surface area contributed by atoms with E-state index in [2.05, 4.69) is 51.5 Å². The second-order valence-electron chi connectivity index (χ2n) is 6.22. The van der Waals surface area contributed by atoms with Crippen molar-refractivity contribution in [2.24, 2.45) is 0 Å². The highest BCUT2D eigenvalue weighted by Crippen LogP contribution is 2.29. The molecule has 0 bridgehead atoms. The number of hydrogen-bond donors (Lipinski definition) is 2. The van der Waals surface area contributed by atoms with Gasteiger partial charge in [0.15, 0.2) is 0 Å². The molecular weight excluding hydrogens is 308 g/mol. The summed E-state index contributed by atoms with van der Waals surface area (Å²) in [5.41, 5.74) is 5.55. The molecule has 25 heavy (non-hydrogen) atoms. The Labute approximate surface area is 147 Å². The smallest absolute Gasteiger partial charge is 0.143 e. The first kappa shape index (κ1) is 15.4. The predicted molar refractivity (Wildman–Crippen MR) is 102 cm³/mol. The third kappa shape index (κ3) is 3.11. The van der Waals surface area contributed by atoms with Gasteiger partial charge in [-0.1, -0.05) is 48.5 Å². The average Bonchev–Trinajstić information content (AvgIpc) is 2.92. The normalized spacial score (nSPS) is 11.0. The first-order valence-corrected chi connectivity index (χ1v) is 8.42. The summed E-state index contributed by atoms with van der Waals surface area (Å²) >= 11 is 0. The molecule has 2 aromatic heterocycles. The van der Waals surface area contributed by atoms with Gasteiger partial charge in [-0.25, -0.2) is 9.97 Å². The van der Waals surface area contributed by atoms with Crippen LogP contribution in [0.5, 0.6) is 0 Å². The van der Waals surface area contributed by atoms with Crippen LogP contribution >= 0.6 is 0 Å². The van der Waals surface area contributed by atoms with E-state index in [0.29, 0.717) is 0 Å². The standard InChI is InChI=1S/C21H20N4/c1-14-18(13-16-9-5-3-6-10-16)25-21-19(14)20(22-15(2)23-21)24-17-11-7-4-8-12-17/h3-12H,13H2,1-2H3,(H2,22,23,24,25). The number of aryl methyl sites for hydroxylation is 2. The van der Waals surface area contributed by atoms with Crippen LogP contribution in [0.3, 0.4) is 0 Å². The summed E-state index contributed by atoms with van der Waals surface area (Å²) in [5, 5.41) is 4.49. The van der Waals surface area contributed by atoms with Gasteiger partial charge in [-0.15, -0.1) is 0 Å². The second-order valence-corrected chi connectivity index (χ2v) is 6.22. The molecular formula is C21H20N4. The molecule has 0 aliphatic rings. The van der Waals surface area contributed by atoms with Gasteiger partial charge in [-0.2, -0.15) is 0 Å². The largest absolute Gasteiger partial charge is 0.343 e. The summed E-state index contributed by atoms with van der Waals surface area (Å²) in [4.78, 5) is 12.7. The molecule has 2 aromatic carbocycles. The van der Waals surface area contributed by atoms with Crippen molar-refractivity contribution >= 4 is 22.5 Å². The molecule has 0 saturated heterocycles. The molecule has 2 N–H and O–H groups in total. The topological polar surface area (TPSA) is 53.6 Å².